The molecule has 0 aromatic carbocycles. The van der Waals surface area contributed by atoms with Gasteiger partial charge in [0.1, 0.15) is 12.4 Å². The Kier molecular flexibility index (Phi) is 3.92. The molecule has 4 heterocycles. The summed E-state index contributed by atoms with van der Waals surface area (Å²) in [4.78, 5) is 8.60. The van der Waals surface area contributed by atoms with Crippen molar-refractivity contribution in [1.82, 2.24) is 30.0 Å². The molecule has 2 aliphatic rings. The van der Waals surface area contributed by atoms with Crippen LogP contribution in [0.3, 0.4) is 0 Å². The highest BCUT2D eigenvalue weighted by molar-refractivity contribution is 5.49. The van der Waals surface area contributed by atoms with Gasteiger partial charge in [0.05, 0.1) is 6.04 Å². The highest BCUT2D eigenvalue weighted by Crippen LogP contribution is 2.35. The van der Waals surface area contributed by atoms with Crippen LogP contribution in [0.15, 0.2) is 16.7 Å². The van der Waals surface area contributed by atoms with Gasteiger partial charge in [0, 0.05) is 33.2 Å². The number of anilines is 2. The lowest BCUT2D eigenvalue weighted by molar-refractivity contribution is 0.174. The second-order valence-electron chi connectivity index (χ2n) is 7.24. The monoisotopic (exact) mass is 370 g/mol. The molecule has 5 rings (SSSR count). The molecule has 1 aliphatic heterocycles. The summed E-state index contributed by atoms with van der Waals surface area (Å²) in [5, 5.41) is 17.3. The number of methoxy groups -OCH3 is 1. The molecule has 3 aromatic heterocycles. The lowest BCUT2D eigenvalue weighted by atomic mass is 9.85. The molecular weight excluding hydrogens is 348 g/mol. The van der Waals surface area contributed by atoms with Crippen LogP contribution in [0.2, 0.25) is 0 Å². The quantitative estimate of drug-likeness (QED) is 0.635. The van der Waals surface area contributed by atoms with Gasteiger partial charge in [-0.15, -0.1) is 15.3 Å². The Labute approximate surface area is 156 Å². The molecule has 10 nitrogen and oxygen atoms in total. The van der Waals surface area contributed by atoms with Crippen LogP contribution in [0.4, 0.5) is 11.8 Å². The van der Waals surface area contributed by atoms with Crippen molar-refractivity contribution < 1.29 is 9.26 Å². The van der Waals surface area contributed by atoms with Gasteiger partial charge in [-0.2, -0.15) is 9.50 Å². The summed E-state index contributed by atoms with van der Waals surface area (Å²) < 4.78 is 12.3. The predicted molar refractivity (Wildman–Crippen MR) is 96.8 cm³/mol. The van der Waals surface area contributed by atoms with E-state index in [9.17, 15) is 0 Å². The third kappa shape index (κ3) is 2.80. The third-order valence-corrected chi connectivity index (χ3v) is 5.51. The van der Waals surface area contributed by atoms with Crippen LogP contribution in [0, 0.1) is 0 Å². The Balaban J connectivity index is 1.28. The van der Waals surface area contributed by atoms with Crippen molar-refractivity contribution in [3.05, 3.63) is 23.8 Å². The van der Waals surface area contributed by atoms with Crippen LogP contribution in [0.1, 0.15) is 36.8 Å². The van der Waals surface area contributed by atoms with Crippen molar-refractivity contribution in [2.24, 2.45) is 0 Å². The molecule has 27 heavy (non-hydrogen) atoms. The van der Waals surface area contributed by atoms with E-state index in [0.717, 1.165) is 30.4 Å². The van der Waals surface area contributed by atoms with Crippen molar-refractivity contribution >= 4 is 17.5 Å². The van der Waals surface area contributed by atoms with Crippen LogP contribution < -0.4 is 9.80 Å². The molecule has 1 aliphatic carbocycles. The average molecular weight is 370 g/mol. The van der Waals surface area contributed by atoms with Gasteiger partial charge in [-0.1, -0.05) is 11.6 Å². The van der Waals surface area contributed by atoms with E-state index in [1.807, 2.05) is 28.6 Å². The Morgan fingerprint density at radius 1 is 1.26 bits per heavy atom. The van der Waals surface area contributed by atoms with Gasteiger partial charge in [-0.05, 0) is 25.0 Å². The Hall–Kier alpha value is -2.75. The molecule has 0 spiro atoms. The van der Waals surface area contributed by atoms with Gasteiger partial charge in [0.2, 0.25) is 0 Å². The second kappa shape index (κ2) is 6.45. The van der Waals surface area contributed by atoms with Gasteiger partial charge in [0.15, 0.2) is 17.3 Å². The van der Waals surface area contributed by atoms with Gasteiger partial charge >= 0.3 is 6.01 Å². The number of ether oxygens (including phenoxy) is 1. The highest BCUT2D eigenvalue weighted by atomic mass is 16.5. The van der Waals surface area contributed by atoms with Crippen molar-refractivity contribution in [2.45, 2.75) is 37.8 Å². The van der Waals surface area contributed by atoms with Crippen LogP contribution in [0.5, 0.6) is 0 Å². The summed E-state index contributed by atoms with van der Waals surface area (Å²) in [6, 6.07) is 4.81. The summed E-state index contributed by atoms with van der Waals surface area (Å²) in [7, 11) is 3.58. The first-order chi connectivity index (χ1) is 13.2. The first kappa shape index (κ1) is 16.4. The fraction of sp³-hybridized carbons (Fsp3) is 0.588. The van der Waals surface area contributed by atoms with Crippen molar-refractivity contribution in [1.29, 1.82) is 0 Å². The SMILES string of the molecule is COCc1noc(N(C)C2CN(c3ccc4nnc(C5CCC5)n4n3)C2)n1. The first-order valence-electron chi connectivity index (χ1n) is 9.24. The van der Waals surface area contributed by atoms with E-state index in [2.05, 4.69) is 25.2 Å². The smallest absolute Gasteiger partial charge is 0.324 e. The molecule has 142 valence electrons. The number of aromatic nitrogens is 6. The van der Waals surface area contributed by atoms with E-state index in [1.54, 1.807) is 7.11 Å². The van der Waals surface area contributed by atoms with Gasteiger partial charge in [0.25, 0.3) is 0 Å². The number of fused-ring (bicyclic) bond motifs is 1. The van der Waals surface area contributed by atoms with E-state index in [-0.39, 0.29) is 0 Å². The van der Waals surface area contributed by atoms with Gasteiger partial charge in [-0.3, -0.25) is 0 Å². The molecule has 3 aromatic rings. The van der Waals surface area contributed by atoms with Crippen molar-refractivity contribution in [3.8, 4) is 0 Å². The Morgan fingerprint density at radius 3 is 2.85 bits per heavy atom. The zero-order valence-corrected chi connectivity index (χ0v) is 15.4. The molecular formula is C17H22N8O2. The molecule has 0 unspecified atom stereocenters. The number of hydrogen-bond acceptors (Lipinski definition) is 9. The van der Waals surface area contributed by atoms with E-state index in [0.29, 0.717) is 30.4 Å². The number of hydrogen-bond donors (Lipinski definition) is 0. The first-order valence-corrected chi connectivity index (χ1v) is 9.24. The summed E-state index contributed by atoms with van der Waals surface area (Å²) in [5.74, 6) is 2.98. The van der Waals surface area contributed by atoms with E-state index < -0.39 is 0 Å². The van der Waals surface area contributed by atoms with Gasteiger partial charge in [-0.25, -0.2) is 0 Å². The lowest BCUT2D eigenvalue weighted by Gasteiger charge is -2.43. The molecule has 0 radical (unpaired) electrons. The van der Waals surface area contributed by atoms with E-state index in [1.165, 1.54) is 19.3 Å². The lowest BCUT2D eigenvalue weighted by Crippen LogP contribution is -2.59. The average Bonchev–Trinajstić information content (AvgIpc) is 3.20. The zero-order valence-electron chi connectivity index (χ0n) is 15.4. The minimum atomic E-state index is 0.297. The summed E-state index contributed by atoms with van der Waals surface area (Å²) in [6.07, 6.45) is 3.62. The molecule has 0 N–H and O–H groups in total. The molecule has 1 saturated carbocycles. The van der Waals surface area contributed by atoms with Crippen molar-refractivity contribution in [3.63, 3.8) is 0 Å². The van der Waals surface area contributed by atoms with Crippen LogP contribution in [0.25, 0.3) is 5.65 Å². The fourth-order valence-electron chi connectivity index (χ4n) is 3.50. The summed E-state index contributed by atoms with van der Waals surface area (Å²) >= 11 is 0. The minimum absolute atomic E-state index is 0.297. The maximum atomic E-state index is 5.31. The largest absolute Gasteiger partial charge is 0.377 e. The Morgan fingerprint density at radius 2 is 2.11 bits per heavy atom. The summed E-state index contributed by atoms with van der Waals surface area (Å²) in [6.45, 7) is 2.04. The minimum Gasteiger partial charge on any atom is -0.377 e. The fourth-order valence-corrected chi connectivity index (χ4v) is 3.50. The molecule has 0 bridgehead atoms. The van der Waals surface area contributed by atoms with Crippen LogP contribution >= 0.6 is 0 Å². The third-order valence-electron chi connectivity index (χ3n) is 5.51. The number of nitrogens with zero attached hydrogens (tertiary/aromatic N) is 8. The van der Waals surface area contributed by atoms with Crippen LogP contribution in [-0.2, 0) is 11.3 Å². The molecule has 0 atom stereocenters. The summed E-state index contributed by atoms with van der Waals surface area (Å²) in [5.41, 5.74) is 0.811. The molecule has 2 fully saturated rings. The van der Waals surface area contributed by atoms with Crippen molar-refractivity contribution in [2.75, 3.05) is 37.0 Å². The van der Waals surface area contributed by atoms with Gasteiger partial charge < -0.3 is 19.1 Å². The molecule has 0 amide bonds. The van der Waals surface area contributed by atoms with E-state index in [4.69, 9.17) is 14.4 Å². The standard InChI is InChI=1S/C17H22N8O2/c1-23(17-18-13(10-26-2)22-27-17)12-8-24(9-12)15-7-6-14-19-20-16(25(14)21-15)11-4-3-5-11/h6-7,11-12H,3-5,8-10H2,1-2H3. The molecule has 1 saturated heterocycles. The van der Waals surface area contributed by atoms with E-state index >= 15 is 0 Å². The predicted octanol–water partition coefficient (Wildman–Crippen LogP) is 1.25. The number of rotatable bonds is 6. The second-order valence-corrected chi connectivity index (χ2v) is 7.24. The maximum Gasteiger partial charge on any atom is 0.324 e. The normalized spacial score (nSPS) is 17.9. The Bertz CT molecular complexity index is 943. The highest BCUT2D eigenvalue weighted by Gasteiger charge is 2.34. The number of likely N-dealkylation sites (N-methyl/N-ethyl adjacent to an activating group) is 1. The maximum absolute atomic E-state index is 5.31. The zero-order chi connectivity index (χ0) is 18.4. The van der Waals surface area contributed by atoms with Crippen LogP contribution in [-0.4, -0.2) is 63.2 Å². The topological polar surface area (TPSA) is 97.7 Å². The molecule has 10 heteroatoms.